The Morgan fingerprint density at radius 1 is 1.39 bits per heavy atom. The first kappa shape index (κ1) is 15.0. The number of carbonyl (C=O) groups excluding carboxylic acids is 1. The van der Waals surface area contributed by atoms with Crippen LogP contribution in [0.1, 0.15) is 27.4 Å². The molecule has 0 atom stereocenters. The van der Waals surface area contributed by atoms with Crippen LogP contribution in [-0.4, -0.2) is 20.7 Å². The lowest BCUT2D eigenvalue weighted by molar-refractivity contribution is 0.0949. The first-order chi connectivity index (χ1) is 11.0. The van der Waals surface area contributed by atoms with Gasteiger partial charge in [0, 0.05) is 31.5 Å². The second-order valence-corrected chi connectivity index (χ2v) is 5.42. The minimum atomic E-state index is -0.152. The number of amides is 1. The summed E-state index contributed by atoms with van der Waals surface area (Å²) in [4.78, 5) is 16.7. The van der Waals surface area contributed by atoms with E-state index in [9.17, 15) is 4.79 Å². The van der Waals surface area contributed by atoms with Crippen molar-refractivity contribution in [2.45, 2.75) is 20.4 Å². The van der Waals surface area contributed by atoms with Crippen LogP contribution in [-0.2, 0) is 13.6 Å². The van der Waals surface area contributed by atoms with Gasteiger partial charge in [-0.2, -0.15) is 5.10 Å². The van der Waals surface area contributed by atoms with Crippen molar-refractivity contribution in [2.24, 2.45) is 7.05 Å². The van der Waals surface area contributed by atoms with E-state index < -0.39 is 0 Å². The van der Waals surface area contributed by atoms with Crippen LogP contribution in [0.25, 0.3) is 11.3 Å². The smallest absolute Gasteiger partial charge is 0.255 e. The summed E-state index contributed by atoms with van der Waals surface area (Å²) in [7, 11) is 1.86. The molecule has 3 aromatic heterocycles. The van der Waals surface area contributed by atoms with Crippen LogP contribution in [0.5, 0.6) is 0 Å². The third kappa shape index (κ3) is 3.15. The number of nitrogens with zero attached hydrogens (tertiary/aromatic N) is 3. The number of hydrogen-bond donors (Lipinski definition) is 1. The number of nitrogens with one attached hydrogen (secondary N) is 1. The minimum absolute atomic E-state index is 0.152. The SMILES string of the molecule is Cc1cc(C(=O)NCc2cccnc2-c2cnn(C)c2)c(C)o1. The molecule has 0 saturated heterocycles. The molecule has 3 heterocycles. The minimum Gasteiger partial charge on any atom is -0.466 e. The Morgan fingerprint density at radius 3 is 2.87 bits per heavy atom. The standard InChI is InChI=1S/C17H18N4O2/c1-11-7-15(12(2)23-11)17(22)19-8-13-5-4-6-18-16(13)14-9-20-21(3)10-14/h4-7,9-10H,8H2,1-3H3,(H,19,22). The van der Waals surface area contributed by atoms with Crippen molar-refractivity contribution in [1.29, 1.82) is 0 Å². The van der Waals surface area contributed by atoms with Gasteiger partial charge >= 0.3 is 0 Å². The van der Waals surface area contributed by atoms with E-state index in [-0.39, 0.29) is 5.91 Å². The van der Waals surface area contributed by atoms with Crippen molar-refractivity contribution >= 4 is 5.91 Å². The molecule has 0 aromatic carbocycles. The lowest BCUT2D eigenvalue weighted by Gasteiger charge is -2.08. The molecule has 6 nitrogen and oxygen atoms in total. The topological polar surface area (TPSA) is 73.0 Å². The molecule has 3 aromatic rings. The molecule has 0 radical (unpaired) electrons. The normalized spacial score (nSPS) is 10.7. The Balaban J connectivity index is 1.79. The van der Waals surface area contributed by atoms with Crippen LogP contribution in [0.4, 0.5) is 0 Å². The monoisotopic (exact) mass is 310 g/mol. The van der Waals surface area contributed by atoms with Crippen molar-refractivity contribution in [1.82, 2.24) is 20.1 Å². The molecule has 0 fully saturated rings. The Hall–Kier alpha value is -2.89. The lowest BCUT2D eigenvalue weighted by atomic mass is 10.1. The molecule has 23 heavy (non-hydrogen) atoms. The highest BCUT2D eigenvalue weighted by atomic mass is 16.3. The van der Waals surface area contributed by atoms with Crippen molar-refractivity contribution in [3.63, 3.8) is 0 Å². The van der Waals surface area contributed by atoms with Gasteiger partial charge in [0.1, 0.15) is 11.5 Å². The third-order valence-electron chi connectivity index (χ3n) is 3.59. The number of aromatic nitrogens is 3. The van der Waals surface area contributed by atoms with Gasteiger partial charge in [-0.05, 0) is 31.5 Å². The first-order valence-electron chi connectivity index (χ1n) is 7.32. The molecule has 3 rings (SSSR count). The zero-order valence-electron chi connectivity index (χ0n) is 13.3. The van der Waals surface area contributed by atoms with Crippen LogP contribution < -0.4 is 5.32 Å². The van der Waals surface area contributed by atoms with Crippen molar-refractivity contribution in [2.75, 3.05) is 0 Å². The van der Waals surface area contributed by atoms with Gasteiger partial charge in [0.15, 0.2) is 0 Å². The van der Waals surface area contributed by atoms with Crippen LogP contribution >= 0.6 is 0 Å². The van der Waals surface area contributed by atoms with E-state index in [2.05, 4.69) is 15.4 Å². The van der Waals surface area contributed by atoms with Crippen LogP contribution in [0.3, 0.4) is 0 Å². The van der Waals surface area contributed by atoms with Gasteiger partial charge in [0.25, 0.3) is 5.91 Å². The molecule has 0 saturated carbocycles. The van der Waals surface area contributed by atoms with Crippen molar-refractivity contribution < 1.29 is 9.21 Å². The third-order valence-corrected chi connectivity index (χ3v) is 3.59. The number of hydrogen-bond acceptors (Lipinski definition) is 4. The van der Waals surface area contributed by atoms with Gasteiger partial charge in [0.2, 0.25) is 0 Å². The summed E-state index contributed by atoms with van der Waals surface area (Å²) in [6, 6.07) is 5.55. The van der Waals surface area contributed by atoms with Crippen LogP contribution in [0, 0.1) is 13.8 Å². The van der Waals surface area contributed by atoms with Crippen molar-refractivity contribution in [3.8, 4) is 11.3 Å². The number of pyridine rings is 1. The molecule has 0 unspecified atom stereocenters. The molecule has 0 spiro atoms. The molecule has 0 aliphatic rings. The zero-order chi connectivity index (χ0) is 16.4. The maximum Gasteiger partial charge on any atom is 0.255 e. The molecule has 1 N–H and O–H groups in total. The van der Waals surface area contributed by atoms with Gasteiger partial charge in [0.05, 0.1) is 17.5 Å². The second kappa shape index (κ2) is 6.08. The van der Waals surface area contributed by atoms with Crippen molar-refractivity contribution in [3.05, 3.63) is 59.4 Å². The molecular formula is C17H18N4O2. The van der Waals surface area contributed by atoms with Gasteiger partial charge in [-0.1, -0.05) is 6.07 Å². The van der Waals surface area contributed by atoms with Crippen LogP contribution in [0.2, 0.25) is 0 Å². The molecule has 6 heteroatoms. The summed E-state index contributed by atoms with van der Waals surface area (Å²) in [6.45, 7) is 4.00. The fourth-order valence-corrected chi connectivity index (χ4v) is 2.51. The molecule has 1 amide bonds. The number of furan rings is 1. The second-order valence-electron chi connectivity index (χ2n) is 5.42. The van der Waals surface area contributed by atoms with E-state index in [1.54, 1.807) is 30.1 Å². The maximum atomic E-state index is 12.3. The summed E-state index contributed by atoms with van der Waals surface area (Å²) in [5, 5.41) is 7.09. The molecule has 0 aliphatic heterocycles. The zero-order valence-corrected chi connectivity index (χ0v) is 13.3. The Kier molecular flexibility index (Phi) is 3.97. The molecule has 0 bridgehead atoms. The predicted molar refractivity (Wildman–Crippen MR) is 85.8 cm³/mol. The highest BCUT2D eigenvalue weighted by Crippen LogP contribution is 2.20. The Bertz CT molecular complexity index is 848. The Labute approximate surface area is 134 Å². The summed E-state index contributed by atoms with van der Waals surface area (Å²) >= 11 is 0. The number of carbonyl (C=O) groups is 1. The Morgan fingerprint density at radius 2 is 2.22 bits per heavy atom. The van der Waals surface area contributed by atoms with Gasteiger partial charge in [-0.25, -0.2) is 0 Å². The fourth-order valence-electron chi connectivity index (χ4n) is 2.51. The van der Waals surface area contributed by atoms with E-state index in [0.717, 1.165) is 22.6 Å². The van der Waals surface area contributed by atoms with E-state index in [0.29, 0.717) is 17.9 Å². The first-order valence-corrected chi connectivity index (χ1v) is 7.32. The number of rotatable bonds is 4. The summed E-state index contributed by atoms with van der Waals surface area (Å²) < 4.78 is 7.13. The quantitative estimate of drug-likeness (QED) is 0.804. The molecular weight excluding hydrogens is 292 g/mol. The summed E-state index contributed by atoms with van der Waals surface area (Å²) in [6.07, 6.45) is 5.39. The van der Waals surface area contributed by atoms with Gasteiger partial charge < -0.3 is 9.73 Å². The predicted octanol–water partition coefficient (Wildman–Crippen LogP) is 2.62. The summed E-state index contributed by atoms with van der Waals surface area (Å²) in [5.41, 5.74) is 3.25. The molecule has 118 valence electrons. The van der Waals surface area contributed by atoms with Gasteiger partial charge in [-0.3, -0.25) is 14.5 Å². The maximum absolute atomic E-state index is 12.3. The van der Waals surface area contributed by atoms with Crippen LogP contribution in [0.15, 0.2) is 41.2 Å². The lowest BCUT2D eigenvalue weighted by Crippen LogP contribution is -2.23. The van der Waals surface area contributed by atoms with E-state index >= 15 is 0 Å². The average molecular weight is 310 g/mol. The molecule has 0 aliphatic carbocycles. The highest BCUT2D eigenvalue weighted by molar-refractivity contribution is 5.95. The largest absolute Gasteiger partial charge is 0.466 e. The summed E-state index contributed by atoms with van der Waals surface area (Å²) in [5.74, 6) is 1.20. The fraction of sp³-hybridized carbons (Fsp3) is 0.235. The van der Waals surface area contributed by atoms with E-state index in [1.165, 1.54) is 0 Å². The van der Waals surface area contributed by atoms with E-state index in [4.69, 9.17) is 4.42 Å². The average Bonchev–Trinajstić information content (AvgIpc) is 3.10. The van der Waals surface area contributed by atoms with Gasteiger partial charge in [-0.15, -0.1) is 0 Å². The number of aryl methyl sites for hydroxylation is 3. The highest BCUT2D eigenvalue weighted by Gasteiger charge is 2.14. The van der Waals surface area contributed by atoms with E-state index in [1.807, 2.05) is 32.3 Å².